The maximum atomic E-state index is 11.3. The van der Waals surface area contributed by atoms with E-state index in [0.29, 0.717) is 5.69 Å². The number of nitrogens with zero attached hydrogens (tertiary/aromatic N) is 1. The monoisotopic (exact) mass is 233 g/mol. The molecule has 0 aliphatic heterocycles. The molecule has 1 heterocycles. The van der Waals surface area contributed by atoms with Crippen LogP contribution in [0.15, 0.2) is 18.3 Å². The van der Waals surface area contributed by atoms with E-state index in [1.807, 2.05) is 0 Å². The zero-order valence-electron chi connectivity index (χ0n) is 9.10. The van der Waals surface area contributed by atoms with Crippen LogP contribution in [0.1, 0.15) is 17.4 Å². The molecule has 1 aromatic heterocycles. The van der Waals surface area contributed by atoms with Crippen LogP contribution < -0.4 is 10.6 Å². The van der Waals surface area contributed by atoms with Gasteiger partial charge in [0.15, 0.2) is 0 Å². The third-order valence-electron chi connectivity index (χ3n) is 1.84. The molecule has 1 atom stereocenters. The molecule has 0 aromatic carbocycles. The minimum atomic E-state index is -1.12. The van der Waals surface area contributed by atoms with Gasteiger partial charge in [-0.1, -0.05) is 5.92 Å². The number of urea groups is 1. The molecule has 0 aliphatic carbocycles. The Morgan fingerprint density at radius 1 is 1.53 bits per heavy atom. The summed E-state index contributed by atoms with van der Waals surface area (Å²) in [6.45, 7) is 1.66. The lowest BCUT2D eigenvalue weighted by Gasteiger charge is -2.09. The van der Waals surface area contributed by atoms with Gasteiger partial charge >= 0.3 is 12.0 Å². The van der Waals surface area contributed by atoms with E-state index < -0.39 is 12.0 Å². The van der Waals surface area contributed by atoms with Crippen molar-refractivity contribution in [1.82, 2.24) is 10.3 Å². The average molecular weight is 233 g/mol. The smallest absolute Gasteiger partial charge is 0.354 e. The van der Waals surface area contributed by atoms with E-state index in [1.54, 1.807) is 6.92 Å². The van der Waals surface area contributed by atoms with Crippen LogP contribution in [0.2, 0.25) is 0 Å². The van der Waals surface area contributed by atoms with E-state index >= 15 is 0 Å². The van der Waals surface area contributed by atoms with Crippen LogP contribution in [0.3, 0.4) is 0 Å². The molecule has 0 bridgehead atoms. The highest BCUT2D eigenvalue weighted by molar-refractivity contribution is 5.90. The van der Waals surface area contributed by atoms with Crippen LogP contribution in [-0.4, -0.2) is 28.1 Å². The molecule has 1 unspecified atom stereocenters. The molecule has 0 spiro atoms. The number of amides is 2. The van der Waals surface area contributed by atoms with E-state index in [2.05, 4.69) is 21.5 Å². The summed E-state index contributed by atoms with van der Waals surface area (Å²) in [5, 5.41) is 13.6. The van der Waals surface area contributed by atoms with Crippen molar-refractivity contribution in [2.24, 2.45) is 0 Å². The fourth-order valence-corrected chi connectivity index (χ4v) is 1.000. The number of carboxylic acid groups (broad SMARTS) is 1. The van der Waals surface area contributed by atoms with Crippen molar-refractivity contribution in [3.63, 3.8) is 0 Å². The van der Waals surface area contributed by atoms with Crippen LogP contribution in [0.25, 0.3) is 0 Å². The predicted octanol–water partition coefficient (Wildman–Crippen LogP) is 0.923. The van der Waals surface area contributed by atoms with Gasteiger partial charge in [-0.05, 0) is 19.1 Å². The second-order valence-electron chi connectivity index (χ2n) is 3.22. The number of aromatic carboxylic acids is 1. The highest BCUT2D eigenvalue weighted by Gasteiger charge is 2.07. The summed E-state index contributed by atoms with van der Waals surface area (Å²) in [5.41, 5.74) is 0.296. The van der Waals surface area contributed by atoms with Gasteiger partial charge in [-0.3, -0.25) is 0 Å². The highest BCUT2D eigenvalue weighted by atomic mass is 16.4. The number of anilines is 1. The maximum Gasteiger partial charge on any atom is 0.354 e. The first-order valence-electron chi connectivity index (χ1n) is 4.76. The van der Waals surface area contributed by atoms with Crippen LogP contribution >= 0.6 is 0 Å². The molecule has 6 heteroatoms. The Morgan fingerprint density at radius 2 is 2.24 bits per heavy atom. The van der Waals surface area contributed by atoms with Crippen LogP contribution in [-0.2, 0) is 0 Å². The van der Waals surface area contributed by atoms with E-state index in [0.717, 1.165) is 0 Å². The Balaban J connectivity index is 2.61. The lowest BCUT2D eigenvalue weighted by Crippen LogP contribution is -2.35. The molecule has 17 heavy (non-hydrogen) atoms. The summed E-state index contributed by atoms with van der Waals surface area (Å²) in [6.07, 6.45) is 6.35. The van der Waals surface area contributed by atoms with Gasteiger partial charge in [-0.2, -0.15) is 0 Å². The van der Waals surface area contributed by atoms with Crippen molar-refractivity contribution in [2.75, 3.05) is 5.32 Å². The fourth-order valence-electron chi connectivity index (χ4n) is 1.000. The second-order valence-corrected chi connectivity index (χ2v) is 3.22. The van der Waals surface area contributed by atoms with Gasteiger partial charge in [0.2, 0.25) is 0 Å². The van der Waals surface area contributed by atoms with Gasteiger partial charge in [-0.25, -0.2) is 14.6 Å². The van der Waals surface area contributed by atoms with Crippen molar-refractivity contribution in [1.29, 1.82) is 0 Å². The van der Waals surface area contributed by atoms with E-state index in [4.69, 9.17) is 11.5 Å². The Morgan fingerprint density at radius 3 is 2.71 bits per heavy atom. The molecule has 0 saturated carbocycles. The second kappa shape index (κ2) is 5.51. The molecule has 6 nitrogen and oxygen atoms in total. The molecule has 0 saturated heterocycles. The number of terminal acetylenes is 1. The van der Waals surface area contributed by atoms with Crippen LogP contribution in [0.4, 0.5) is 10.5 Å². The van der Waals surface area contributed by atoms with E-state index in [-0.39, 0.29) is 11.7 Å². The van der Waals surface area contributed by atoms with Crippen LogP contribution in [0, 0.1) is 12.3 Å². The predicted molar refractivity (Wildman–Crippen MR) is 61.6 cm³/mol. The van der Waals surface area contributed by atoms with Gasteiger partial charge in [0.05, 0.1) is 17.9 Å². The molecule has 88 valence electrons. The molecule has 1 rings (SSSR count). The van der Waals surface area contributed by atoms with E-state index in [9.17, 15) is 9.59 Å². The molecule has 0 aliphatic rings. The Labute approximate surface area is 98.1 Å². The van der Waals surface area contributed by atoms with E-state index in [1.165, 1.54) is 18.3 Å². The number of rotatable bonds is 3. The topological polar surface area (TPSA) is 91.3 Å². The zero-order chi connectivity index (χ0) is 12.8. The summed E-state index contributed by atoms with van der Waals surface area (Å²) in [7, 11) is 0. The SMILES string of the molecule is C#CC(C)NC(=O)Nc1ccc(C(=O)O)nc1. The lowest BCUT2D eigenvalue weighted by molar-refractivity contribution is 0.0690. The third kappa shape index (κ3) is 3.83. The molecule has 2 amide bonds. The molecular weight excluding hydrogens is 222 g/mol. The summed E-state index contributed by atoms with van der Waals surface area (Å²) in [6, 6.07) is 1.88. The summed E-state index contributed by atoms with van der Waals surface area (Å²) in [4.78, 5) is 25.5. The largest absolute Gasteiger partial charge is 0.477 e. The Bertz CT molecular complexity index is 462. The molecule has 0 fully saturated rings. The first-order chi connectivity index (χ1) is 8.02. The van der Waals surface area contributed by atoms with Crippen molar-refractivity contribution >= 4 is 17.7 Å². The summed E-state index contributed by atoms with van der Waals surface area (Å²) in [5.74, 6) is 1.22. The quantitative estimate of drug-likeness (QED) is 0.677. The van der Waals surface area contributed by atoms with Crippen molar-refractivity contribution in [3.8, 4) is 12.3 Å². The van der Waals surface area contributed by atoms with Gasteiger partial charge in [-0.15, -0.1) is 6.42 Å². The van der Waals surface area contributed by atoms with Crippen molar-refractivity contribution < 1.29 is 14.7 Å². The number of carboxylic acids is 1. The summed E-state index contributed by atoms with van der Waals surface area (Å²) >= 11 is 0. The van der Waals surface area contributed by atoms with Gasteiger partial charge in [0.1, 0.15) is 5.69 Å². The zero-order valence-corrected chi connectivity index (χ0v) is 9.10. The van der Waals surface area contributed by atoms with Gasteiger partial charge < -0.3 is 15.7 Å². The Hall–Kier alpha value is -2.55. The fraction of sp³-hybridized carbons (Fsp3) is 0.182. The van der Waals surface area contributed by atoms with Gasteiger partial charge in [0.25, 0.3) is 0 Å². The number of pyridine rings is 1. The number of aromatic nitrogens is 1. The first kappa shape index (κ1) is 12.5. The highest BCUT2D eigenvalue weighted by Crippen LogP contribution is 2.05. The molecule has 1 aromatic rings. The van der Waals surface area contributed by atoms with Crippen LogP contribution in [0.5, 0.6) is 0 Å². The Kier molecular flexibility index (Phi) is 4.06. The minimum Gasteiger partial charge on any atom is -0.477 e. The van der Waals surface area contributed by atoms with Crippen molar-refractivity contribution in [3.05, 3.63) is 24.0 Å². The normalized spacial score (nSPS) is 11.1. The molecule has 0 radical (unpaired) electrons. The maximum absolute atomic E-state index is 11.3. The number of carbonyl (C=O) groups excluding carboxylic acids is 1. The minimum absolute atomic E-state index is 0.0899. The number of hydrogen-bond donors (Lipinski definition) is 3. The number of hydrogen-bond acceptors (Lipinski definition) is 3. The van der Waals surface area contributed by atoms with Gasteiger partial charge in [0, 0.05) is 0 Å². The molecular formula is C11H11N3O3. The molecule has 3 N–H and O–H groups in total. The first-order valence-corrected chi connectivity index (χ1v) is 4.76. The third-order valence-corrected chi connectivity index (χ3v) is 1.84. The standard InChI is InChI=1S/C11H11N3O3/c1-3-7(2)13-11(17)14-8-4-5-9(10(15)16)12-6-8/h1,4-7H,2H3,(H,15,16)(H2,13,14,17). The number of nitrogens with one attached hydrogen (secondary N) is 2. The summed E-state index contributed by atoms with van der Waals surface area (Å²) < 4.78 is 0. The average Bonchev–Trinajstić information content (AvgIpc) is 2.29. The lowest BCUT2D eigenvalue weighted by atomic mass is 10.3. The van der Waals surface area contributed by atoms with Crippen molar-refractivity contribution in [2.45, 2.75) is 13.0 Å². The number of carbonyl (C=O) groups is 2.